The standard InChI is InChI=1S/C22H24N2O5S/c1-15-9-10-17(30(27,28)24-11-5-2-6-12-24)14-19(15)23-21(25)20-13-16-7-3-4-8-18(16)22(26)29-20/h3-4,7-10,14,20H,2,5-6,11-13H2,1H3,(H,23,25). The Labute approximate surface area is 176 Å². The third kappa shape index (κ3) is 3.97. The largest absolute Gasteiger partial charge is 0.448 e. The maximum atomic E-state index is 13.0. The molecule has 1 atom stereocenters. The van der Waals surface area contributed by atoms with Crippen LogP contribution in [0.4, 0.5) is 5.69 Å². The first-order valence-corrected chi connectivity index (χ1v) is 11.5. The van der Waals surface area contributed by atoms with Gasteiger partial charge in [0, 0.05) is 25.2 Å². The number of ether oxygens (including phenoxy) is 1. The number of hydrogen-bond donors (Lipinski definition) is 1. The number of benzene rings is 2. The van der Waals surface area contributed by atoms with Crippen molar-refractivity contribution in [1.82, 2.24) is 4.31 Å². The molecule has 0 spiro atoms. The van der Waals surface area contributed by atoms with Gasteiger partial charge in [0.2, 0.25) is 10.0 Å². The van der Waals surface area contributed by atoms with Crippen molar-refractivity contribution in [2.24, 2.45) is 0 Å². The third-order valence-electron chi connectivity index (χ3n) is 5.60. The summed E-state index contributed by atoms with van der Waals surface area (Å²) in [4.78, 5) is 25.1. The minimum Gasteiger partial charge on any atom is -0.448 e. The lowest BCUT2D eigenvalue weighted by Gasteiger charge is -2.26. The quantitative estimate of drug-likeness (QED) is 0.756. The highest BCUT2D eigenvalue weighted by Crippen LogP contribution is 2.26. The van der Waals surface area contributed by atoms with Gasteiger partial charge in [0.15, 0.2) is 6.10 Å². The number of carbonyl (C=O) groups excluding carboxylic acids is 2. The lowest BCUT2D eigenvalue weighted by atomic mass is 9.98. The Balaban J connectivity index is 1.54. The second-order valence-electron chi connectivity index (χ2n) is 7.69. The zero-order chi connectivity index (χ0) is 21.3. The van der Waals surface area contributed by atoms with Gasteiger partial charge in [0.1, 0.15) is 0 Å². The molecule has 0 aromatic heterocycles. The van der Waals surface area contributed by atoms with E-state index >= 15 is 0 Å². The number of hydrogen-bond acceptors (Lipinski definition) is 5. The molecule has 0 radical (unpaired) electrons. The van der Waals surface area contributed by atoms with Crippen LogP contribution in [0.25, 0.3) is 0 Å². The van der Waals surface area contributed by atoms with E-state index < -0.39 is 28.0 Å². The molecule has 8 heteroatoms. The predicted molar refractivity (Wildman–Crippen MR) is 112 cm³/mol. The molecule has 2 heterocycles. The van der Waals surface area contributed by atoms with Crippen LogP contribution in [-0.4, -0.2) is 43.8 Å². The number of rotatable bonds is 4. The summed E-state index contributed by atoms with van der Waals surface area (Å²) >= 11 is 0. The first kappa shape index (κ1) is 20.6. The van der Waals surface area contributed by atoms with Crippen molar-refractivity contribution in [3.05, 3.63) is 59.2 Å². The molecule has 1 amide bonds. The van der Waals surface area contributed by atoms with Crippen LogP contribution in [0.1, 0.15) is 40.7 Å². The summed E-state index contributed by atoms with van der Waals surface area (Å²) in [6, 6.07) is 11.7. The van der Waals surface area contributed by atoms with Gasteiger partial charge in [-0.1, -0.05) is 30.7 Å². The molecule has 2 aliphatic heterocycles. The number of piperidine rings is 1. The fourth-order valence-electron chi connectivity index (χ4n) is 3.84. The molecule has 0 saturated carbocycles. The number of nitrogens with zero attached hydrogens (tertiary/aromatic N) is 1. The fourth-order valence-corrected chi connectivity index (χ4v) is 5.39. The SMILES string of the molecule is Cc1ccc(S(=O)(=O)N2CCCCC2)cc1NC(=O)C1Cc2ccccc2C(=O)O1. The van der Waals surface area contributed by atoms with Crippen LogP contribution in [-0.2, 0) is 26.0 Å². The van der Waals surface area contributed by atoms with E-state index in [4.69, 9.17) is 4.74 Å². The van der Waals surface area contributed by atoms with Gasteiger partial charge in [-0.15, -0.1) is 0 Å². The van der Waals surface area contributed by atoms with Gasteiger partial charge in [0.25, 0.3) is 5.91 Å². The summed E-state index contributed by atoms with van der Waals surface area (Å²) < 4.78 is 32.7. The molecule has 30 heavy (non-hydrogen) atoms. The number of carbonyl (C=O) groups is 2. The molecule has 4 rings (SSSR count). The van der Waals surface area contributed by atoms with E-state index in [0.717, 1.165) is 30.4 Å². The second kappa shape index (κ2) is 8.20. The van der Waals surface area contributed by atoms with Crippen LogP contribution in [0.15, 0.2) is 47.4 Å². The molecule has 1 saturated heterocycles. The molecule has 2 aromatic carbocycles. The number of amides is 1. The van der Waals surface area contributed by atoms with E-state index in [9.17, 15) is 18.0 Å². The zero-order valence-corrected chi connectivity index (χ0v) is 17.6. The second-order valence-corrected chi connectivity index (χ2v) is 9.62. The van der Waals surface area contributed by atoms with Crippen molar-refractivity contribution >= 4 is 27.6 Å². The number of cyclic esters (lactones) is 1. The summed E-state index contributed by atoms with van der Waals surface area (Å²) in [7, 11) is -3.61. The first-order valence-electron chi connectivity index (χ1n) is 10.1. The van der Waals surface area contributed by atoms with E-state index in [1.165, 1.54) is 10.4 Å². The third-order valence-corrected chi connectivity index (χ3v) is 7.50. The van der Waals surface area contributed by atoms with E-state index in [1.54, 1.807) is 37.3 Å². The summed E-state index contributed by atoms with van der Waals surface area (Å²) in [6.45, 7) is 2.81. The van der Waals surface area contributed by atoms with E-state index in [0.29, 0.717) is 24.3 Å². The van der Waals surface area contributed by atoms with Crippen LogP contribution >= 0.6 is 0 Å². The zero-order valence-electron chi connectivity index (χ0n) is 16.8. The molecule has 7 nitrogen and oxygen atoms in total. The monoisotopic (exact) mass is 428 g/mol. The van der Waals surface area contributed by atoms with Gasteiger partial charge in [-0.3, -0.25) is 4.79 Å². The molecule has 0 bridgehead atoms. The molecule has 2 aliphatic rings. The lowest BCUT2D eigenvalue weighted by Crippen LogP contribution is -2.38. The van der Waals surface area contributed by atoms with Crippen molar-refractivity contribution < 1.29 is 22.7 Å². The lowest BCUT2D eigenvalue weighted by molar-refractivity contribution is -0.125. The van der Waals surface area contributed by atoms with E-state index in [1.807, 2.05) is 6.07 Å². The maximum absolute atomic E-state index is 13.0. The molecule has 158 valence electrons. The number of sulfonamides is 1. The summed E-state index contributed by atoms with van der Waals surface area (Å²) in [6.07, 6.45) is 2.05. The summed E-state index contributed by atoms with van der Waals surface area (Å²) in [5, 5.41) is 2.75. The van der Waals surface area contributed by atoms with Crippen LogP contribution < -0.4 is 5.32 Å². The highest BCUT2D eigenvalue weighted by Gasteiger charge is 2.32. The Morgan fingerprint density at radius 2 is 1.83 bits per heavy atom. The Hall–Kier alpha value is -2.71. The van der Waals surface area contributed by atoms with Crippen molar-refractivity contribution in [1.29, 1.82) is 0 Å². The minimum atomic E-state index is -3.61. The highest BCUT2D eigenvalue weighted by atomic mass is 32.2. The topological polar surface area (TPSA) is 92.8 Å². The Kier molecular flexibility index (Phi) is 5.62. The number of esters is 1. The average molecular weight is 429 g/mol. The molecular weight excluding hydrogens is 404 g/mol. The Morgan fingerprint density at radius 3 is 2.60 bits per heavy atom. The molecule has 2 aromatic rings. The van der Waals surface area contributed by atoms with Gasteiger partial charge in [0.05, 0.1) is 10.5 Å². The molecule has 1 fully saturated rings. The Morgan fingerprint density at radius 1 is 1.10 bits per heavy atom. The first-order chi connectivity index (χ1) is 14.4. The summed E-state index contributed by atoms with van der Waals surface area (Å²) in [5.41, 5.74) is 2.34. The summed E-state index contributed by atoms with van der Waals surface area (Å²) in [5.74, 6) is -1.01. The van der Waals surface area contributed by atoms with Crippen molar-refractivity contribution in [3.8, 4) is 0 Å². The average Bonchev–Trinajstić information content (AvgIpc) is 2.75. The molecule has 1 N–H and O–H groups in total. The van der Waals surface area contributed by atoms with E-state index in [-0.39, 0.29) is 11.3 Å². The number of fused-ring (bicyclic) bond motifs is 1. The van der Waals surface area contributed by atoms with Crippen LogP contribution in [0.2, 0.25) is 0 Å². The highest BCUT2D eigenvalue weighted by molar-refractivity contribution is 7.89. The predicted octanol–water partition coefficient (Wildman–Crippen LogP) is 2.89. The molecular formula is C22H24N2O5S. The van der Waals surface area contributed by atoms with Gasteiger partial charge in [-0.2, -0.15) is 4.31 Å². The van der Waals surface area contributed by atoms with Crippen LogP contribution in [0.3, 0.4) is 0 Å². The number of nitrogens with one attached hydrogen (secondary N) is 1. The van der Waals surface area contributed by atoms with Crippen molar-refractivity contribution in [2.75, 3.05) is 18.4 Å². The van der Waals surface area contributed by atoms with Gasteiger partial charge < -0.3 is 10.1 Å². The van der Waals surface area contributed by atoms with Crippen molar-refractivity contribution in [2.45, 2.75) is 43.6 Å². The van der Waals surface area contributed by atoms with Crippen molar-refractivity contribution in [3.63, 3.8) is 0 Å². The molecule has 1 unspecified atom stereocenters. The number of aryl methyl sites for hydroxylation is 1. The van der Waals surface area contributed by atoms with Crippen LogP contribution in [0, 0.1) is 6.92 Å². The van der Waals surface area contributed by atoms with Gasteiger partial charge in [-0.05, 0) is 49.1 Å². The van der Waals surface area contributed by atoms with E-state index in [2.05, 4.69) is 5.32 Å². The maximum Gasteiger partial charge on any atom is 0.339 e. The van der Waals surface area contributed by atoms with Gasteiger partial charge in [-0.25, -0.2) is 13.2 Å². The molecule has 0 aliphatic carbocycles. The Bertz CT molecular complexity index is 1090. The number of anilines is 1. The van der Waals surface area contributed by atoms with Crippen LogP contribution in [0.5, 0.6) is 0 Å². The van der Waals surface area contributed by atoms with Gasteiger partial charge >= 0.3 is 5.97 Å². The fraction of sp³-hybridized carbons (Fsp3) is 0.364. The normalized spacial score (nSPS) is 19.6. The smallest absolute Gasteiger partial charge is 0.339 e. The minimum absolute atomic E-state index is 0.149.